The van der Waals surface area contributed by atoms with Crippen LogP contribution in [0.15, 0.2) is 18.2 Å². The van der Waals surface area contributed by atoms with Crippen LogP contribution in [0.2, 0.25) is 5.02 Å². The molecule has 1 saturated heterocycles. The van der Waals surface area contributed by atoms with Crippen molar-refractivity contribution in [3.8, 4) is 5.75 Å². The molecule has 1 heterocycles. The zero-order valence-electron chi connectivity index (χ0n) is 18.4. The fraction of sp³-hybridized carbons (Fsp3) is 0.667. The maximum atomic E-state index is 11.5. The number of nitrogen functional groups attached to an aromatic ring is 1. The lowest BCUT2D eigenvalue weighted by Gasteiger charge is -2.29. The summed E-state index contributed by atoms with van der Waals surface area (Å²) in [4.78, 5) is 13.3. The smallest absolute Gasteiger partial charge is 0.410 e. The van der Waals surface area contributed by atoms with E-state index in [0.29, 0.717) is 16.5 Å². The number of carbonyl (C=O) groups excluding carboxylic acids is 1. The molecule has 5 nitrogen and oxygen atoms in total. The number of hydrogen-bond donors (Lipinski definition) is 1. The second-order valence-corrected chi connectivity index (χ2v) is 6.85. The standard InChI is InChI=1S/C10H19NO2.C7H8ClNO.2C2H6/c1-10(2,3)13-9(12)11-7-5-4-6-8-11;1-10-7-4-5(8)2-3-6(7)9;2*1-2/h4-8H2,1-3H3;2-4H,9H2,1H3;2*1-2H3. The average Bonchev–Trinajstić information content (AvgIpc) is 2.67. The van der Waals surface area contributed by atoms with Gasteiger partial charge in [0.15, 0.2) is 0 Å². The molecule has 0 unspecified atom stereocenters. The second-order valence-electron chi connectivity index (χ2n) is 6.41. The molecule has 0 saturated carbocycles. The van der Waals surface area contributed by atoms with Gasteiger partial charge in [-0.2, -0.15) is 0 Å². The Kier molecular flexibility index (Phi) is 15.8. The number of amides is 1. The van der Waals surface area contributed by atoms with Crippen molar-refractivity contribution in [3.63, 3.8) is 0 Å². The van der Waals surface area contributed by atoms with Crippen LogP contribution < -0.4 is 10.5 Å². The van der Waals surface area contributed by atoms with Crippen molar-refractivity contribution in [2.75, 3.05) is 25.9 Å². The highest BCUT2D eigenvalue weighted by Crippen LogP contribution is 2.24. The van der Waals surface area contributed by atoms with Crippen LogP contribution in [0.25, 0.3) is 0 Å². The Hall–Kier alpha value is -1.62. The summed E-state index contributed by atoms with van der Waals surface area (Å²) in [7, 11) is 1.56. The van der Waals surface area contributed by atoms with Crippen molar-refractivity contribution in [1.29, 1.82) is 0 Å². The molecule has 0 atom stereocenters. The van der Waals surface area contributed by atoms with Crippen molar-refractivity contribution in [3.05, 3.63) is 23.2 Å². The first-order valence-corrected chi connectivity index (χ1v) is 10.2. The molecule has 27 heavy (non-hydrogen) atoms. The van der Waals surface area contributed by atoms with E-state index in [2.05, 4.69) is 0 Å². The summed E-state index contributed by atoms with van der Waals surface area (Å²) in [5, 5.41) is 0.631. The van der Waals surface area contributed by atoms with E-state index in [1.165, 1.54) is 6.42 Å². The second kappa shape index (κ2) is 15.4. The number of nitrogens with two attached hydrogens (primary N) is 1. The SMILES string of the molecule is CC.CC.CC(C)(C)OC(=O)N1CCCCC1.COc1cc(Cl)ccc1N. The number of piperidine rings is 1. The van der Waals surface area contributed by atoms with Crippen LogP contribution in [-0.4, -0.2) is 36.8 Å². The molecule has 158 valence electrons. The predicted octanol–water partition coefficient (Wildman–Crippen LogP) is 6.39. The normalized spacial score (nSPS) is 12.9. The van der Waals surface area contributed by atoms with Gasteiger partial charge >= 0.3 is 6.09 Å². The molecule has 0 spiro atoms. The van der Waals surface area contributed by atoms with Crippen molar-refractivity contribution >= 4 is 23.4 Å². The molecule has 1 aromatic carbocycles. The Morgan fingerprint density at radius 3 is 2.00 bits per heavy atom. The number of halogens is 1. The van der Waals surface area contributed by atoms with Crippen LogP contribution in [-0.2, 0) is 4.74 Å². The third kappa shape index (κ3) is 13.2. The molecule has 0 radical (unpaired) electrons. The monoisotopic (exact) mass is 402 g/mol. The fourth-order valence-corrected chi connectivity index (χ4v) is 2.25. The quantitative estimate of drug-likeness (QED) is 0.552. The minimum atomic E-state index is -0.367. The number of likely N-dealkylation sites (tertiary alicyclic amines) is 1. The highest BCUT2D eigenvalue weighted by atomic mass is 35.5. The van der Waals surface area contributed by atoms with Crippen LogP contribution in [0, 0.1) is 0 Å². The van der Waals surface area contributed by atoms with Crippen molar-refractivity contribution in [2.24, 2.45) is 0 Å². The molecular formula is C21H39ClN2O3. The predicted molar refractivity (Wildman–Crippen MR) is 117 cm³/mol. The number of methoxy groups -OCH3 is 1. The van der Waals surface area contributed by atoms with Gasteiger partial charge in [-0.1, -0.05) is 39.3 Å². The molecule has 1 aliphatic heterocycles. The number of hydrogen-bond acceptors (Lipinski definition) is 4. The molecule has 1 aromatic rings. The van der Waals surface area contributed by atoms with Gasteiger partial charge in [0.25, 0.3) is 0 Å². The van der Waals surface area contributed by atoms with Gasteiger partial charge in [-0.15, -0.1) is 0 Å². The van der Waals surface area contributed by atoms with E-state index < -0.39 is 0 Å². The molecule has 0 bridgehead atoms. The lowest BCUT2D eigenvalue weighted by Crippen LogP contribution is -2.39. The van der Waals surface area contributed by atoms with Crippen LogP contribution in [0.5, 0.6) is 5.75 Å². The van der Waals surface area contributed by atoms with Crippen LogP contribution in [0.1, 0.15) is 67.7 Å². The number of benzene rings is 1. The van der Waals surface area contributed by atoms with E-state index in [9.17, 15) is 4.79 Å². The Morgan fingerprint density at radius 1 is 1.07 bits per heavy atom. The first-order valence-electron chi connectivity index (χ1n) is 9.80. The molecule has 0 aliphatic carbocycles. The van der Waals surface area contributed by atoms with Gasteiger partial charge < -0.3 is 20.1 Å². The van der Waals surface area contributed by atoms with Gasteiger partial charge in [0.1, 0.15) is 11.4 Å². The van der Waals surface area contributed by atoms with Crippen LogP contribution in [0.3, 0.4) is 0 Å². The average molecular weight is 403 g/mol. The van der Waals surface area contributed by atoms with Crippen molar-refractivity contribution in [1.82, 2.24) is 4.90 Å². The van der Waals surface area contributed by atoms with Gasteiger partial charge in [-0.25, -0.2) is 4.79 Å². The summed E-state index contributed by atoms with van der Waals surface area (Å²) >= 11 is 5.66. The van der Waals surface area contributed by atoms with Crippen molar-refractivity contribution in [2.45, 2.75) is 73.3 Å². The number of anilines is 1. The highest BCUT2D eigenvalue weighted by molar-refractivity contribution is 6.30. The Morgan fingerprint density at radius 2 is 1.59 bits per heavy atom. The van der Waals surface area contributed by atoms with Gasteiger partial charge in [0.2, 0.25) is 0 Å². The molecule has 1 amide bonds. The van der Waals surface area contributed by atoms with Gasteiger partial charge in [0.05, 0.1) is 12.8 Å². The fourth-order valence-electron chi connectivity index (χ4n) is 2.09. The first kappa shape index (κ1) is 27.6. The summed E-state index contributed by atoms with van der Waals surface area (Å²) in [6.07, 6.45) is 3.30. The molecule has 0 aromatic heterocycles. The van der Waals surface area contributed by atoms with E-state index in [-0.39, 0.29) is 11.7 Å². The first-order chi connectivity index (χ1) is 12.7. The summed E-state index contributed by atoms with van der Waals surface area (Å²) in [6, 6.07) is 5.11. The van der Waals surface area contributed by atoms with E-state index in [4.69, 9.17) is 26.8 Å². The van der Waals surface area contributed by atoms with Crippen LogP contribution >= 0.6 is 11.6 Å². The Balaban J connectivity index is 0. The molecule has 1 aliphatic rings. The Bertz CT molecular complexity index is 511. The van der Waals surface area contributed by atoms with E-state index in [1.54, 1.807) is 30.2 Å². The maximum absolute atomic E-state index is 11.5. The van der Waals surface area contributed by atoms with E-state index in [0.717, 1.165) is 25.9 Å². The lowest BCUT2D eigenvalue weighted by atomic mass is 10.1. The third-order valence-electron chi connectivity index (χ3n) is 3.20. The number of rotatable bonds is 1. The minimum Gasteiger partial charge on any atom is -0.495 e. The number of nitrogens with zero attached hydrogens (tertiary/aromatic N) is 1. The number of ether oxygens (including phenoxy) is 2. The largest absolute Gasteiger partial charge is 0.495 e. The third-order valence-corrected chi connectivity index (χ3v) is 3.44. The summed E-state index contributed by atoms with van der Waals surface area (Å²) < 4.78 is 10.2. The van der Waals surface area contributed by atoms with Gasteiger partial charge in [0, 0.05) is 24.2 Å². The molecule has 1 fully saturated rings. The van der Waals surface area contributed by atoms with E-state index >= 15 is 0 Å². The van der Waals surface area contributed by atoms with Crippen molar-refractivity contribution < 1.29 is 14.3 Å². The van der Waals surface area contributed by atoms with Crippen LogP contribution in [0.4, 0.5) is 10.5 Å². The molecular weight excluding hydrogens is 364 g/mol. The zero-order valence-corrected chi connectivity index (χ0v) is 19.2. The summed E-state index contributed by atoms with van der Waals surface area (Å²) in [6.45, 7) is 15.4. The topological polar surface area (TPSA) is 64.8 Å². The molecule has 6 heteroatoms. The van der Waals surface area contributed by atoms with Gasteiger partial charge in [-0.3, -0.25) is 0 Å². The molecule has 2 rings (SSSR count). The summed E-state index contributed by atoms with van der Waals surface area (Å²) in [5.74, 6) is 0.618. The summed E-state index contributed by atoms with van der Waals surface area (Å²) in [5.41, 5.74) is 5.75. The maximum Gasteiger partial charge on any atom is 0.410 e. The molecule has 2 N–H and O–H groups in total. The van der Waals surface area contributed by atoms with E-state index in [1.807, 2.05) is 48.5 Å². The highest BCUT2D eigenvalue weighted by Gasteiger charge is 2.22. The minimum absolute atomic E-state index is 0.160. The van der Waals surface area contributed by atoms with Gasteiger partial charge in [-0.05, 0) is 52.2 Å². The number of carbonyl (C=O) groups is 1. The zero-order chi connectivity index (χ0) is 21.5. The lowest BCUT2D eigenvalue weighted by molar-refractivity contribution is 0.0216. The Labute approximate surface area is 171 Å².